The summed E-state index contributed by atoms with van der Waals surface area (Å²) >= 11 is 0. The van der Waals surface area contributed by atoms with Crippen LogP contribution in [0.25, 0.3) is 0 Å². The van der Waals surface area contributed by atoms with Gasteiger partial charge in [-0.05, 0) is 41.5 Å². The molecule has 0 amide bonds. The fraction of sp³-hybridized carbons (Fsp3) is 0.174. The van der Waals surface area contributed by atoms with Gasteiger partial charge in [-0.25, -0.2) is 9.59 Å². The summed E-state index contributed by atoms with van der Waals surface area (Å²) in [6.07, 6.45) is 2.66. The van der Waals surface area contributed by atoms with Gasteiger partial charge in [0.05, 0.1) is 11.1 Å². The number of hydrogen-bond acceptors (Lipinski definition) is 9. The normalized spacial score (nSPS) is 13.0. The van der Waals surface area contributed by atoms with Crippen LogP contribution >= 0.6 is 0 Å². The molecule has 0 saturated heterocycles. The van der Waals surface area contributed by atoms with Crippen molar-refractivity contribution in [2.75, 3.05) is 13.6 Å². The Labute approximate surface area is 182 Å². The summed E-state index contributed by atoms with van der Waals surface area (Å²) in [5, 5.41) is 0. The molecule has 5 rings (SSSR count). The monoisotopic (exact) mass is 435 g/mol. The van der Waals surface area contributed by atoms with Gasteiger partial charge in [-0.1, -0.05) is 12.1 Å². The second kappa shape index (κ2) is 8.46. The highest BCUT2D eigenvalue weighted by Gasteiger charge is 2.17. The van der Waals surface area contributed by atoms with E-state index in [9.17, 15) is 9.59 Å². The van der Waals surface area contributed by atoms with Crippen LogP contribution in [0, 0.1) is 0 Å². The molecule has 0 bridgehead atoms. The Morgan fingerprint density at radius 1 is 0.688 bits per heavy atom. The quantitative estimate of drug-likeness (QED) is 0.540. The number of carbonyl (C=O) groups excluding carboxylic acids is 2. The molecule has 0 N–H and O–H groups in total. The maximum absolute atomic E-state index is 12.4. The molecule has 9 nitrogen and oxygen atoms in total. The molecule has 162 valence electrons. The first kappa shape index (κ1) is 19.7. The third-order valence-corrected chi connectivity index (χ3v) is 4.82. The number of nitrogens with zero attached hydrogens (tertiary/aromatic N) is 1. The average molecular weight is 435 g/mol. The van der Waals surface area contributed by atoms with Crippen LogP contribution in [-0.2, 0) is 22.7 Å². The zero-order valence-corrected chi connectivity index (χ0v) is 16.7. The lowest BCUT2D eigenvalue weighted by molar-refractivity contribution is 0.0469. The molecule has 32 heavy (non-hydrogen) atoms. The average Bonchev–Trinajstić information content (AvgIpc) is 3.49. The summed E-state index contributed by atoms with van der Waals surface area (Å²) in [6.45, 7) is 0.409. The smallest absolute Gasteiger partial charge is 0.340 e. The second-order valence-corrected chi connectivity index (χ2v) is 6.99. The van der Waals surface area contributed by atoms with Crippen LogP contribution in [-0.4, -0.2) is 30.5 Å². The highest BCUT2D eigenvalue weighted by Crippen LogP contribution is 2.33. The van der Waals surface area contributed by atoms with E-state index in [0.29, 0.717) is 23.0 Å². The number of hydrogen-bond donors (Lipinski definition) is 0. The van der Waals surface area contributed by atoms with Crippen LogP contribution in [0.5, 0.6) is 23.0 Å². The molecule has 0 atom stereocenters. The van der Waals surface area contributed by atoms with Gasteiger partial charge < -0.3 is 28.4 Å². The number of esters is 2. The van der Waals surface area contributed by atoms with Crippen LogP contribution in [0.3, 0.4) is 0 Å². The van der Waals surface area contributed by atoms with Gasteiger partial charge in [0.2, 0.25) is 13.6 Å². The van der Waals surface area contributed by atoms with Crippen LogP contribution in [0.15, 0.2) is 54.9 Å². The highest BCUT2D eigenvalue weighted by molar-refractivity contribution is 5.94. The van der Waals surface area contributed by atoms with Gasteiger partial charge in [-0.3, -0.25) is 4.98 Å². The Hall–Kier alpha value is -4.27. The molecular weight excluding hydrogens is 418 g/mol. The molecular formula is C23H17NO8. The van der Waals surface area contributed by atoms with Crippen LogP contribution < -0.4 is 18.9 Å². The Balaban J connectivity index is 1.19. The van der Waals surface area contributed by atoms with Crippen LogP contribution in [0.2, 0.25) is 0 Å². The molecule has 1 aromatic heterocycles. The fourth-order valence-electron chi connectivity index (χ4n) is 3.19. The van der Waals surface area contributed by atoms with E-state index in [2.05, 4.69) is 4.98 Å². The van der Waals surface area contributed by atoms with E-state index >= 15 is 0 Å². The highest BCUT2D eigenvalue weighted by atomic mass is 16.7. The molecule has 0 saturated carbocycles. The minimum Gasteiger partial charge on any atom is -0.457 e. The number of benzene rings is 2. The number of rotatable bonds is 6. The first-order valence-electron chi connectivity index (χ1n) is 9.72. The van der Waals surface area contributed by atoms with Crippen LogP contribution in [0.4, 0.5) is 0 Å². The zero-order chi connectivity index (χ0) is 21.9. The molecule has 0 fully saturated rings. The third-order valence-electron chi connectivity index (χ3n) is 4.82. The van der Waals surface area contributed by atoms with E-state index in [4.69, 9.17) is 28.4 Å². The summed E-state index contributed by atoms with van der Waals surface area (Å²) in [5.74, 6) is 1.29. The number of aromatic nitrogens is 1. The Bertz CT molecular complexity index is 1100. The third kappa shape index (κ3) is 4.13. The molecule has 2 aromatic carbocycles. The van der Waals surface area contributed by atoms with Crippen molar-refractivity contribution in [3.8, 4) is 23.0 Å². The number of pyridine rings is 1. The summed E-state index contributed by atoms with van der Waals surface area (Å²) in [5.41, 5.74) is 1.77. The van der Waals surface area contributed by atoms with E-state index in [0.717, 1.165) is 11.1 Å². The summed E-state index contributed by atoms with van der Waals surface area (Å²) in [4.78, 5) is 28.8. The van der Waals surface area contributed by atoms with Crippen molar-refractivity contribution in [3.05, 3.63) is 77.1 Å². The molecule has 3 heterocycles. The summed E-state index contributed by atoms with van der Waals surface area (Å²) in [7, 11) is 0. The van der Waals surface area contributed by atoms with Gasteiger partial charge in [0.1, 0.15) is 13.2 Å². The predicted molar refractivity (Wildman–Crippen MR) is 108 cm³/mol. The molecule has 3 aromatic rings. The van der Waals surface area contributed by atoms with Gasteiger partial charge in [-0.2, -0.15) is 0 Å². The van der Waals surface area contributed by atoms with Gasteiger partial charge in [0.15, 0.2) is 23.0 Å². The second-order valence-electron chi connectivity index (χ2n) is 6.99. The molecule has 2 aliphatic heterocycles. The lowest BCUT2D eigenvalue weighted by Crippen LogP contribution is -2.10. The largest absolute Gasteiger partial charge is 0.457 e. The van der Waals surface area contributed by atoms with Crippen LogP contribution in [0.1, 0.15) is 31.8 Å². The summed E-state index contributed by atoms with van der Waals surface area (Å²) < 4.78 is 31.8. The number of fused-ring (bicyclic) bond motifs is 2. The Morgan fingerprint density at radius 3 is 1.66 bits per heavy atom. The number of ether oxygens (including phenoxy) is 6. The van der Waals surface area contributed by atoms with Gasteiger partial charge in [-0.15, -0.1) is 0 Å². The molecule has 9 heteroatoms. The molecule has 0 unspecified atom stereocenters. The van der Waals surface area contributed by atoms with E-state index in [-0.39, 0.29) is 37.9 Å². The first-order chi connectivity index (χ1) is 15.7. The topological polar surface area (TPSA) is 102 Å². The first-order valence-corrected chi connectivity index (χ1v) is 9.72. The standard InChI is InChI=1S/C23H17NO8/c25-22(27-10-14-1-3-18-20(5-14)31-12-29-18)16-7-17(9-24-8-16)23(26)28-11-15-2-4-19-21(6-15)32-13-30-19/h1-9H,10-13H2. The van der Waals surface area contributed by atoms with Gasteiger partial charge in [0, 0.05) is 12.4 Å². The van der Waals surface area contributed by atoms with E-state index in [1.54, 1.807) is 36.4 Å². The van der Waals surface area contributed by atoms with Gasteiger partial charge >= 0.3 is 11.9 Å². The lowest BCUT2D eigenvalue weighted by atomic mass is 10.2. The molecule has 0 aliphatic carbocycles. The minimum atomic E-state index is -0.611. The zero-order valence-electron chi connectivity index (χ0n) is 16.7. The van der Waals surface area contributed by atoms with Crippen molar-refractivity contribution >= 4 is 11.9 Å². The Kier molecular flexibility index (Phi) is 5.20. The summed E-state index contributed by atoms with van der Waals surface area (Å²) in [6, 6.07) is 12.0. The van der Waals surface area contributed by atoms with E-state index in [1.165, 1.54) is 18.5 Å². The minimum absolute atomic E-state index is 0.0360. The van der Waals surface area contributed by atoms with E-state index < -0.39 is 11.9 Å². The predicted octanol–water partition coefficient (Wildman–Crippen LogP) is 3.25. The van der Waals surface area contributed by atoms with E-state index in [1.807, 2.05) is 0 Å². The fourth-order valence-corrected chi connectivity index (χ4v) is 3.19. The van der Waals surface area contributed by atoms with Crippen molar-refractivity contribution in [2.45, 2.75) is 13.2 Å². The van der Waals surface area contributed by atoms with Gasteiger partial charge in [0.25, 0.3) is 0 Å². The molecule has 0 spiro atoms. The maximum atomic E-state index is 12.4. The molecule has 2 aliphatic rings. The van der Waals surface area contributed by atoms with Crippen molar-refractivity contribution < 1.29 is 38.0 Å². The maximum Gasteiger partial charge on any atom is 0.340 e. The van der Waals surface area contributed by atoms with Crippen molar-refractivity contribution in [1.29, 1.82) is 0 Å². The number of carbonyl (C=O) groups is 2. The van der Waals surface area contributed by atoms with Crippen molar-refractivity contribution in [2.24, 2.45) is 0 Å². The van der Waals surface area contributed by atoms with Crippen molar-refractivity contribution in [3.63, 3.8) is 0 Å². The SMILES string of the molecule is O=C(OCc1ccc2c(c1)OCO2)c1cncc(C(=O)OCc2ccc3c(c2)OCO3)c1. The van der Waals surface area contributed by atoms with Crippen molar-refractivity contribution in [1.82, 2.24) is 4.98 Å². The Morgan fingerprint density at radius 2 is 1.16 bits per heavy atom. The molecule has 0 radical (unpaired) electrons. The lowest BCUT2D eigenvalue weighted by Gasteiger charge is -2.08.